The molecule has 0 fully saturated rings. The topological polar surface area (TPSA) is 42.1 Å². The Morgan fingerprint density at radius 3 is 2.63 bits per heavy atom. The Hall–Kier alpha value is -1.61. The molecule has 0 aliphatic rings. The van der Waals surface area contributed by atoms with E-state index >= 15 is 0 Å². The number of anilines is 1. The smallest absolute Gasteiger partial charge is 0.129 e. The molecule has 0 saturated carbocycles. The van der Waals surface area contributed by atoms with E-state index in [1.54, 1.807) is 0 Å². The minimum Gasteiger partial charge on any atom is -0.354 e. The number of nitrogens with two attached hydrogens (primary N) is 1. The summed E-state index contributed by atoms with van der Waals surface area (Å²) in [6.07, 6.45) is 1.11. The molecule has 3 heteroatoms. The number of pyridine rings is 1. The van der Waals surface area contributed by atoms with Crippen molar-refractivity contribution in [3.8, 4) is 0 Å². The summed E-state index contributed by atoms with van der Waals surface area (Å²) in [6.45, 7) is 8.13. The van der Waals surface area contributed by atoms with Crippen molar-refractivity contribution in [2.45, 2.75) is 39.8 Å². The van der Waals surface area contributed by atoms with Gasteiger partial charge in [0.1, 0.15) is 5.82 Å². The first-order valence-electron chi connectivity index (χ1n) is 7.06. The Morgan fingerprint density at radius 2 is 2.00 bits per heavy atom. The number of hydrogen-bond acceptors (Lipinski definition) is 3. The van der Waals surface area contributed by atoms with E-state index in [1.807, 2.05) is 12.1 Å². The van der Waals surface area contributed by atoms with Crippen LogP contribution in [-0.2, 0) is 6.54 Å². The van der Waals surface area contributed by atoms with Crippen LogP contribution in [0.25, 0.3) is 10.9 Å². The molecular weight excluding hydrogens is 234 g/mol. The van der Waals surface area contributed by atoms with Crippen LogP contribution in [0.3, 0.4) is 0 Å². The second kappa shape index (κ2) is 6.02. The highest BCUT2D eigenvalue weighted by Gasteiger charge is 2.14. The summed E-state index contributed by atoms with van der Waals surface area (Å²) in [6, 6.07) is 10.8. The Labute approximate surface area is 115 Å². The predicted molar refractivity (Wildman–Crippen MR) is 82.4 cm³/mol. The summed E-state index contributed by atoms with van der Waals surface area (Å²) in [5.41, 5.74) is 8.09. The molecule has 102 valence electrons. The largest absolute Gasteiger partial charge is 0.354 e. The van der Waals surface area contributed by atoms with Gasteiger partial charge < -0.3 is 10.6 Å². The second-order valence-electron chi connectivity index (χ2n) is 4.90. The normalized spacial score (nSPS) is 12.6. The minimum absolute atomic E-state index is 0.490. The van der Waals surface area contributed by atoms with E-state index in [4.69, 9.17) is 10.7 Å². The number of hydrogen-bond donors (Lipinski definition) is 1. The van der Waals surface area contributed by atoms with Gasteiger partial charge in [-0.1, -0.05) is 25.1 Å². The van der Waals surface area contributed by atoms with Gasteiger partial charge in [0.25, 0.3) is 0 Å². The lowest BCUT2D eigenvalue weighted by Crippen LogP contribution is -2.33. The average Bonchev–Trinajstić information content (AvgIpc) is 2.46. The SMILES string of the molecule is CCC(C)N(CC)c1cc(CN)c2ccccc2n1. The van der Waals surface area contributed by atoms with Crippen molar-refractivity contribution in [3.63, 3.8) is 0 Å². The molecule has 2 rings (SSSR count). The Morgan fingerprint density at radius 1 is 1.26 bits per heavy atom. The first-order chi connectivity index (χ1) is 9.21. The van der Waals surface area contributed by atoms with Crippen LogP contribution in [-0.4, -0.2) is 17.6 Å². The molecule has 19 heavy (non-hydrogen) atoms. The molecule has 1 atom stereocenters. The zero-order chi connectivity index (χ0) is 13.8. The Balaban J connectivity index is 2.54. The minimum atomic E-state index is 0.490. The molecular formula is C16H23N3. The molecule has 1 aromatic heterocycles. The van der Waals surface area contributed by atoms with E-state index in [0.29, 0.717) is 12.6 Å². The number of rotatable bonds is 5. The van der Waals surface area contributed by atoms with Crippen molar-refractivity contribution in [1.82, 2.24) is 4.98 Å². The highest BCUT2D eigenvalue weighted by Crippen LogP contribution is 2.24. The fraction of sp³-hybridized carbons (Fsp3) is 0.438. The van der Waals surface area contributed by atoms with E-state index in [2.05, 4.69) is 43.9 Å². The fourth-order valence-electron chi connectivity index (χ4n) is 2.47. The lowest BCUT2D eigenvalue weighted by Gasteiger charge is -2.29. The van der Waals surface area contributed by atoms with Gasteiger partial charge >= 0.3 is 0 Å². The van der Waals surface area contributed by atoms with E-state index < -0.39 is 0 Å². The molecule has 1 heterocycles. The van der Waals surface area contributed by atoms with E-state index in [0.717, 1.165) is 29.7 Å². The van der Waals surface area contributed by atoms with Crippen molar-refractivity contribution in [1.29, 1.82) is 0 Å². The van der Waals surface area contributed by atoms with Gasteiger partial charge in [0, 0.05) is 24.5 Å². The van der Waals surface area contributed by atoms with Crippen LogP contribution in [0.15, 0.2) is 30.3 Å². The third-order valence-corrected chi connectivity index (χ3v) is 3.77. The highest BCUT2D eigenvalue weighted by atomic mass is 15.2. The van der Waals surface area contributed by atoms with Crippen LogP contribution in [0.5, 0.6) is 0 Å². The zero-order valence-electron chi connectivity index (χ0n) is 12.1. The first kappa shape index (κ1) is 13.8. The molecule has 0 aliphatic carbocycles. The first-order valence-corrected chi connectivity index (χ1v) is 7.06. The van der Waals surface area contributed by atoms with Gasteiger partial charge in [-0.15, -0.1) is 0 Å². The molecule has 0 aliphatic heterocycles. The summed E-state index contributed by atoms with van der Waals surface area (Å²) < 4.78 is 0. The lowest BCUT2D eigenvalue weighted by atomic mass is 10.1. The lowest BCUT2D eigenvalue weighted by molar-refractivity contribution is 0.623. The van der Waals surface area contributed by atoms with Crippen molar-refractivity contribution >= 4 is 16.7 Å². The van der Waals surface area contributed by atoms with E-state index in [-0.39, 0.29) is 0 Å². The standard InChI is InChI=1S/C16H23N3/c1-4-12(3)19(5-2)16-10-13(11-17)14-8-6-7-9-15(14)18-16/h6-10,12H,4-5,11,17H2,1-3H3. The summed E-state index contributed by atoms with van der Waals surface area (Å²) in [7, 11) is 0. The molecule has 0 radical (unpaired) electrons. The van der Waals surface area contributed by atoms with Gasteiger partial charge in [-0.3, -0.25) is 0 Å². The van der Waals surface area contributed by atoms with Crippen molar-refractivity contribution in [2.75, 3.05) is 11.4 Å². The Kier molecular flexibility index (Phi) is 4.38. The molecule has 2 aromatic rings. The average molecular weight is 257 g/mol. The summed E-state index contributed by atoms with van der Waals surface area (Å²) >= 11 is 0. The molecule has 1 unspecified atom stereocenters. The number of aromatic nitrogens is 1. The van der Waals surface area contributed by atoms with Gasteiger partial charge in [-0.05, 0) is 38.0 Å². The summed E-state index contributed by atoms with van der Waals surface area (Å²) in [5, 5.41) is 1.16. The van der Waals surface area contributed by atoms with Gasteiger partial charge in [0.05, 0.1) is 5.52 Å². The molecule has 1 aromatic carbocycles. The van der Waals surface area contributed by atoms with Crippen molar-refractivity contribution in [3.05, 3.63) is 35.9 Å². The molecule has 0 spiro atoms. The second-order valence-corrected chi connectivity index (χ2v) is 4.90. The third kappa shape index (κ3) is 2.71. The van der Waals surface area contributed by atoms with Crippen LogP contribution < -0.4 is 10.6 Å². The van der Waals surface area contributed by atoms with Gasteiger partial charge in [0.15, 0.2) is 0 Å². The van der Waals surface area contributed by atoms with Gasteiger partial charge in [0.2, 0.25) is 0 Å². The van der Waals surface area contributed by atoms with Crippen LogP contribution in [0, 0.1) is 0 Å². The van der Waals surface area contributed by atoms with Crippen molar-refractivity contribution < 1.29 is 0 Å². The fourth-order valence-corrected chi connectivity index (χ4v) is 2.47. The quantitative estimate of drug-likeness (QED) is 0.893. The van der Waals surface area contributed by atoms with Crippen LogP contribution in [0.1, 0.15) is 32.8 Å². The summed E-state index contributed by atoms with van der Waals surface area (Å²) in [4.78, 5) is 7.13. The van der Waals surface area contributed by atoms with Crippen molar-refractivity contribution in [2.24, 2.45) is 5.73 Å². The molecule has 0 saturated heterocycles. The molecule has 2 N–H and O–H groups in total. The van der Waals surface area contributed by atoms with Gasteiger partial charge in [-0.2, -0.15) is 0 Å². The van der Waals surface area contributed by atoms with Crippen LogP contribution >= 0.6 is 0 Å². The highest BCUT2D eigenvalue weighted by molar-refractivity contribution is 5.84. The monoisotopic (exact) mass is 257 g/mol. The maximum atomic E-state index is 5.89. The molecule has 3 nitrogen and oxygen atoms in total. The zero-order valence-corrected chi connectivity index (χ0v) is 12.1. The number of benzene rings is 1. The third-order valence-electron chi connectivity index (χ3n) is 3.77. The maximum Gasteiger partial charge on any atom is 0.129 e. The van der Waals surface area contributed by atoms with E-state index in [9.17, 15) is 0 Å². The number of nitrogens with zero attached hydrogens (tertiary/aromatic N) is 2. The maximum absolute atomic E-state index is 5.89. The van der Waals surface area contributed by atoms with Crippen LogP contribution in [0.4, 0.5) is 5.82 Å². The molecule has 0 amide bonds. The van der Waals surface area contributed by atoms with E-state index in [1.165, 1.54) is 5.56 Å². The van der Waals surface area contributed by atoms with Gasteiger partial charge in [-0.25, -0.2) is 4.98 Å². The number of fused-ring (bicyclic) bond motifs is 1. The number of para-hydroxylation sites is 1. The summed E-state index contributed by atoms with van der Waals surface area (Å²) in [5.74, 6) is 1.04. The molecule has 0 bridgehead atoms. The Bertz CT molecular complexity index is 551. The van der Waals surface area contributed by atoms with Crippen LogP contribution in [0.2, 0.25) is 0 Å². The predicted octanol–water partition coefficient (Wildman–Crippen LogP) is 3.32.